The number of nitrogens with zero attached hydrogens (tertiary/aromatic N) is 5. The lowest BCUT2D eigenvalue weighted by Crippen LogP contribution is -2.44. The third-order valence-corrected chi connectivity index (χ3v) is 18.1. The predicted octanol–water partition coefficient (Wildman–Crippen LogP) is 14.6. The number of pyridine rings is 1. The van der Waals surface area contributed by atoms with Crippen molar-refractivity contribution in [2.75, 3.05) is 26.4 Å². The number of amides is 1. The van der Waals surface area contributed by atoms with Gasteiger partial charge < -0.3 is 23.4 Å². The molecule has 1 saturated heterocycles. The van der Waals surface area contributed by atoms with Crippen LogP contribution in [0.25, 0.3) is 28.1 Å². The van der Waals surface area contributed by atoms with Gasteiger partial charge in [-0.05, 0) is 160 Å². The lowest BCUT2D eigenvalue weighted by atomic mass is 9.71. The largest absolute Gasteiger partial charge is 0.460 e. The second-order valence-electron chi connectivity index (χ2n) is 26.0. The molecule has 3 aromatic heterocycles. The van der Waals surface area contributed by atoms with Crippen LogP contribution in [0.15, 0.2) is 62.8 Å². The van der Waals surface area contributed by atoms with Crippen molar-refractivity contribution in [2.24, 2.45) is 22.7 Å². The van der Waals surface area contributed by atoms with Gasteiger partial charge in [-0.3, -0.25) is 19.3 Å². The summed E-state index contributed by atoms with van der Waals surface area (Å²) in [5.41, 5.74) is 6.86. The Morgan fingerprint density at radius 2 is 1.54 bits per heavy atom. The molecule has 0 aromatic carbocycles. The normalized spacial score (nSPS) is 22.9. The fourth-order valence-electron chi connectivity index (χ4n) is 10.7. The highest BCUT2D eigenvalue weighted by Gasteiger charge is 2.39. The Kier molecular flexibility index (Phi) is 17.9. The van der Waals surface area contributed by atoms with Gasteiger partial charge in [0.1, 0.15) is 40.8 Å². The first-order valence-electron chi connectivity index (χ1n) is 27.3. The molecule has 0 bridgehead atoms. The van der Waals surface area contributed by atoms with Crippen LogP contribution in [0.1, 0.15) is 144 Å². The molecule has 4 aliphatic rings. The molecule has 5 atom stereocenters. The zero-order valence-corrected chi connectivity index (χ0v) is 48.7. The van der Waals surface area contributed by atoms with E-state index in [2.05, 4.69) is 82.0 Å². The zero-order chi connectivity index (χ0) is 52.2. The highest BCUT2D eigenvalue weighted by atomic mass is 28.3. The Bertz CT molecular complexity index is 2510. The van der Waals surface area contributed by atoms with Crippen molar-refractivity contribution in [1.82, 2.24) is 19.4 Å². The standard InChI is InChI=1S/C58H89N5O7Si2/c1-39-20-22-42-23-21-41(37-66-27-29-71(9,10)11)32-48(50-19-16-26-62(50)56(65)70-58(6,7)8)60-47(42)33-43(31-39)51-24-25-52(68-51)44-34-49-55(59-36-44)63(38-67-28-30-72(12,13)14)54(61-49)45-18-15-17-40(2)46(45)35-53(64)69-57(3,4)5/h24-25,31,33-34,36,40-41,45-46,50H,15-23,26-30,32,35,37-38H2,1-14H3. The van der Waals surface area contributed by atoms with E-state index in [1.54, 1.807) is 0 Å². The van der Waals surface area contributed by atoms with E-state index in [4.69, 9.17) is 38.3 Å². The average Bonchev–Trinajstić information content (AvgIpc) is 4.03. The number of hydrogen-bond donors (Lipinski definition) is 0. The lowest BCUT2D eigenvalue weighted by molar-refractivity contribution is -0.157. The van der Waals surface area contributed by atoms with Gasteiger partial charge in [-0.2, -0.15) is 0 Å². The second-order valence-corrected chi connectivity index (χ2v) is 37.2. The first-order chi connectivity index (χ1) is 33.8. The summed E-state index contributed by atoms with van der Waals surface area (Å²) in [7, 11) is -2.54. The fourth-order valence-corrected chi connectivity index (χ4v) is 12.2. The van der Waals surface area contributed by atoms with Crippen LogP contribution in [0.2, 0.25) is 51.4 Å². The number of fused-ring (bicyclic) bond motifs is 1. The molecule has 1 amide bonds. The molecule has 2 fully saturated rings. The minimum absolute atomic E-state index is 0.0553. The van der Waals surface area contributed by atoms with E-state index in [-0.39, 0.29) is 29.9 Å². The van der Waals surface area contributed by atoms with Crippen molar-refractivity contribution in [1.29, 1.82) is 0 Å². The van der Waals surface area contributed by atoms with Crippen LogP contribution in [0, 0.1) is 17.8 Å². The summed E-state index contributed by atoms with van der Waals surface area (Å²) in [4.78, 5) is 45.1. The Labute approximate surface area is 433 Å². The van der Waals surface area contributed by atoms with E-state index in [1.165, 1.54) is 11.1 Å². The molecule has 0 radical (unpaired) electrons. The number of ether oxygens (including phenoxy) is 4. The number of aliphatic imine (C=N–C) groups is 1. The summed E-state index contributed by atoms with van der Waals surface area (Å²) in [6.45, 7) is 33.5. The molecule has 5 heterocycles. The van der Waals surface area contributed by atoms with Crippen LogP contribution < -0.4 is 0 Å². The molecule has 5 unspecified atom stereocenters. The number of rotatable bonds is 16. The van der Waals surface area contributed by atoms with Crippen molar-refractivity contribution >= 4 is 50.7 Å². The summed E-state index contributed by atoms with van der Waals surface area (Å²) in [6, 6.07) is 8.25. The second kappa shape index (κ2) is 23.2. The summed E-state index contributed by atoms with van der Waals surface area (Å²) in [5.74, 6) is 3.02. The van der Waals surface area contributed by atoms with Crippen LogP contribution in [-0.2, 0) is 30.5 Å². The highest BCUT2D eigenvalue weighted by molar-refractivity contribution is 6.76. The molecule has 72 heavy (non-hydrogen) atoms. The first-order valence-corrected chi connectivity index (χ1v) is 34.7. The quantitative estimate of drug-likeness (QED) is 0.0782. The molecule has 1 saturated carbocycles. The van der Waals surface area contributed by atoms with Gasteiger partial charge in [0.15, 0.2) is 5.65 Å². The van der Waals surface area contributed by atoms with Gasteiger partial charge in [-0.25, -0.2) is 14.8 Å². The van der Waals surface area contributed by atoms with Crippen LogP contribution in [0.4, 0.5) is 4.79 Å². The number of carbonyl (C=O) groups excluding carboxylic acids is 2. The monoisotopic (exact) mass is 1020 g/mol. The number of furan rings is 1. The Balaban J connectivity index is 1.22. The molecular weight excluding hydrogens is 935 g/mol. The number of carbonyl (C=O) groups is 2. The smallest absolute Gasteiger partial charge is 0.410 e. The Hall–Kier alpha value is -4.12. The number of esters is 1. The van der Waals surface area contributed by atoms with Gasteiger partial charge in [-0.1, -0.05) is 70.7 Å². The van der Waals surface area contributed by atoms with E-state index in [0.29, 0.717) is 50.5 Å². The van der Waals surface area contributed by atoms with Gasteiger partial charge in [-0.15, -0.1) is 0 Å². The molecule has 14 heteroatoms. The third kappa shape index (κ3) is 15.5. The third-order valence-electron chi connectivity index (χ3n) is 14.7. The minimum Gasteiger partial charge on any atom is -0.460 e. The number of hydrogen-bond acceptors (Lipinski definition) is 10. The fraction of sp³-hybridized carbons (Fsp3) is 0.672. The Morgan fingerprint density at radius 1 is 0.833 bits per heavy atom. The Morgan fingerprint density at radius 3 is 2.25 bits per heavy atom. The SMILES string of the molecule is CC1=CC(c2ccc(-c3cnc4c(c3)nc(C3CCCC(C)C3CC(=O)OC(C)(C)C)n4COCC[Si](C)(C)C)o2)=CC2=C(CC1)CCC(COCC[Si](C)(C)C)CC(C1CCCN1C(=O)OC(C)(C)C)=N2. The van der Waals surface area contributed by atoms with Gasteiger partial charge in [0.25, 0.3) is 0 Å². The molecular formula is C58H89N5O7Si2. The molecule has 396 valence electrons. The molecule has 2 aliphatic carbocycles. The van der Waals surface area contributed by atoms with Gasteiger partial charge in [0, 0.05) is 77.9 Å². The molecule has 0 N–H and O–H groups in total. The van der Waals surface area contributed by atoms with E-state index in [1.807, 2.05) is 58.7 Å². The molecule has 2 aliphatic heterocycles. The van der Waals surface area contributed by atoms with Gasteiger partial charge in [0.2, 0.25) is 0 Å². The van der Waals surface area contributed by atoms with E-state index in [0.717, 1.165) is 128 Å². The van der Waals surface area contributed by atoms with Crippen molar-refractivity contribution in [3.05, 3.63) is 65.0 Å². The van der Waals surface area contributed by atoms with Crippen LogP contribution in [0.5, 0.6) is 0 Å². The lowest BCUT2D eigenvalue weighted by Gasteiger charge is -2.36. The van der Waals surface area contributed by atoms with Crippen LogP contribution >= 0.6 is 0 Å². The summed E-state index contributed by atoms with van der Waals surface area (Å²) in [5, 5.41) is 0. The summed E-state index contributed by atoms with van der Waals surface area (Å²) >= 11 is 0. The maximum Gasteiger partial charge on any atom is 0.410 e. The van der Waals surface area contributed by atoms with Crippen LogP contribution in [0.3, 0.4) is 0 Å². The van der Waals surface area contributed by atoms with Gasteiger partial charge in [0.05, 0.1) is 11.7 Å². The molecule has 0 spiro atoms. The summed E-state index contributed by atoms with van der Waals surface area (Å²) in [6.07, 6.45) is 15.8. The first kappa shape index (κ1) is 55.6. The zero-order valence-electron chi connectivity index (χ0n) is 46.7. The van der Waals surface area contributed by atoms with Crippen molar-refractivity contribution in [2.45, 2.75) is 207 Å². The number of imidazole rings is 1. The molecule has 7 rings (SSSR count). The predicted molar refractivity (Wildman–Crippen MR) is 297 cm³/mol. The molecule has 3 aromatic rings. The van der Waals surface area contributed by atoms with Crippen molar-refractivity contribution in [3.8, 4) is 11.3 Å². The highest BCUT2D eigenvalue weighted by Crippen LogP contribution is 2.44. The maximum absolute atomic E-state index is 13.7. The van der Waals surface area contributed by atoms with E-state index < -0.39 is 27.3 Å². The average molecular weight is 1020 g/mol. The topological polar surface area (TPSA) is 131 Å². The number of aromatic nitrogens is 3. The number of likely N-dealkylation sites (tertiary alicyclic amines) is 1. The van der Waals surface area contributed by atoms with Crippen molar-refractivity contribution in [3.63, 3.8) is 0 Å². The van der Waals surface area contributed by atoms with Crippen LogP contribution in [-0.4, -0.2) is 97.0 Å². The van der Waals surface area contributed by atoms with Gasteiger partial charge >= 0.3 is 12.1 Å². The summed E-state index contributed by atoms with van der Waals surface area (Å²) < 4.78 is 33.7. The van der Waals surface area contributed by atoms with E-state index in [9.17, 15) is 9.59 Å². The molecule has 12 nitrogen and oxygen atoms in total. The van der Waals surface area contributed by atoms with Crippen molar-refractivity contribution < 1.29 is 33.0 Å². The van der Waals surface area contributed by atoms with E-state index >= 15 is 0 Å². The minimum atomic E-state index is -1.31. The number of allylic oxidation sites excluding steroid dienone is 5. The maximum atomic E-state index is 13.7.